The maximum Gasteiger partial charge on any atom is 0.251 e. The summed E-state index contributed by atoms with van der Waals surface area (Å²) in [6.45, 7) is 8.13. The summed E-state index contributed by atoms with van der Waals surface area (Å²) in [6.07, 6.45) is 2.36. The van der Waals surface area contributed by atoms with Crippen LogP contribution in [0.2, 0.25) is 0 Å². The normalized spacial score (nSPS) is 19.6. The number of rotatable bonds is 8. The highest BCUT2D eigenvalue weighted by atomic mass is 16.2. The van der Waals surface area contributed by atoms with Crippen molar-refractivity contribution in [1.29, 1.82) is 0 Å². The highest BCUT2D eigenvalue weighted by Gasteiger charge is 2.21. The number of aryl methyl sites for hydroxylation is 2. The van der Waals surface area contributed by atoms with Crippen molar-refractivity contribution in [2.75, 3.05) is 19.6 Å². The van der Waals surface area contributed by atoms with E-state index in [0.717, 1.165) is 30.5 Å². The molecule has 1 aliphatic heterocycles. The van der Waals surface area contributed by atoms with E-state index in [0.29, 0.717) is 37.0 Å². The molecule has 0 aliphatic carbocycles. The minimum absolute atomic E-state index is 0.0172. The molecule has 1 aromatic carbocycles. The molecule has 2 amide bonds. The van der Waals surface area contributed by atoms with Crippen LogP contribution in [-0.2, 0) is 4.79 Å². The third-order valence-corrected chi connectivity index (χ3v) is 4.60. The molecule has 4 N–H and O–H groups in total. The molecule has 1 aromatic rings. The summed E-state index contributed by atoms with van der Waals surface area (Å²) >= 11 is 0. The lowest BCUT2D eigenvalue weighted by atomic mass is 9.98. The third kappa shape index (κ3) is 6.48. The Morgan fingerprint density at radius 3 is 2.48 bits per heavy atom. The molecular formula is C19H30N4O2. The van der Waals surface area contributed by atoms with E-state index in [4.69, 9.17) is 0 Å². The first kappa shape index (κ1) is 19.4. The highest BCUT2D eigenvalue weighted by Crippen LogP contribution is 2.13. The molecule has 1 saturated heterocycles. The van der Waals surface area contributed by atoms with Crippen molar-refractivity contribution in [3.8, 4) is 0 Å². The average Bonchev–Trinajstić information content (AvgIpc) is 2.95. The summed E-state index contributed by atoms with van der Waals surface area (Å²) in [5, 5.41) is 5.73. The van der Waals surface area contributed by atoms with Gasteiger partial charge in [-0.3, -0.25) is 20.4 Å². The molecule has 138 valence electrons. The van der Waals surface area contributed by atoms with E-state index < -0.39 is 0 Å². The molecule has 2 unspecified atom stereocenters. The van der Waals surface area contributed by atoms with Crippen molar-refractivity contribution in [1.82, 2.24) is 21.5 Å². The molecule has 0 saturated carbocycles. The van der Waals surface area contributed by atoms with Gasteiger partial charge < -0.3 is 10.6 Å². The Morgan fingerprint density at radius 2 is 1.84 bits per heavy atom. The van der Waals surface area contributed by atoms with Crippen molar-refractivity contribution in [2.24, 2.45) is 5.92 Å². The lowest BCUT2D eigenvalue weighted by molar-refractivity contribution is -0.120. The quantitative estimate of drug-likeness (QED) is 0.537. The van der Waals surface area contributed by atoms with Gasteiger partial charge in [-0.05, 0) is 51.7 Å². The number of carbonyl (C=O) groups is 2. The molecule has 0 radical (unpaired) electrons. The smallest absolute Gasteiger partial charge is 0.251 e. The molecule has 1 heterocycles. The average molecular weight is 346 g/mol. The molecule has 25 heavy (non-hydrogen) atoms. The van der Waals surface area contributed by atoms with Crippen LogP contribution in [0.1, 0.15) is 47.7 Å². The van der Waals surface area contributed by atoms with E-state index >= 15 is 0 Å². The second-order valence-corrected chi connectivity index (χ2v) is 6.95. The van der Waals surface area contributed by atoms with Gasteiger partial charge in [0.1, 0.15) is 0 Å². The van der Waals surface area contributed by atoms with Crippen LogP contribution in [-0.4, -0.2) is 37.5 Å². The number of hydrazine groups is 1. The summed E-state index contributed by atoms with van der Waals surface area (Å²) in [6, 6.07) is 6.23. The zero-order chi connectivity index (χ0) is 18.2. The van der Waals surface area contributed by atoms with Gasteiger partial charge in [-0.1, -0.05) is 17.2 Å². The van der Waals surface area contributed by atoms with Crippen LogP contribution in [0.25, 0.3) is 0 Å². The summed E-state index contributed by atoms with van der Waals surface area (Å²) in [5.74, 6) is 0.472. The topological polar surface area (TPSA) is 82.3 Å². The SMILES string of the molecule is Cc1cc(C)cc(C(=O)NCCC(=O)NCCCC2CNNC2C)c1. The number of nitrogens with one attached hydrogen (secondary N) is 4. The molecular weight excluding hydrogens is 316 g/mol. The molecule has 2 atom stereocenters. The molecule has 2 rings (SSSR count). The number of benzene rings is 1. The summed E-state index contributed by atoms with van der Waals surface area (Å²) in [4.78, 5) is 24.0. The van der Waals surface area contributed by atoms with Crippen LogP contribution in [0.4, 0.5) is 0 Å². The number of amides is 2. The zero-order valence-corrected chi connectivity index (χ0v) is 15.4. The Bertz CT molecular complexity index is 583. The number of hydrogen-bond donors (Lipinski definition) is 4. The second-order valence-electron chi connectivity index (χ2n) is 6.95. The van der Waals surface area contributed by atoms with Gasteiger partial charge in [-0.25, -0.2) is 0 Å². The monoisotopic (exact) mass is 346 g/mol. The first-order chi connectivity index (χ1) is 12.0. The molecule has 0 bridgehead atoms. The van der Waals surface area contributed by atoms with E-state index in [1.165, 1.54) is 0 Å². The van der Waals surface area contributed by atoms with Gasteiger partial charge in [0.25, 0.3) is 5.91 Å². The Morgan fingerprint density at radius 1 is 1.12 bits per heavy atom. The van der Waals surface area contributed by atoms with Crippen molar-refractivity contribution in [2.45, 2.75) is 46.1 Å². The van der Waals surface area contributed by atoms with Crippen LogP contribution in [0.3, 0.4) is 0 Å². The summed E-state index contributed by atoms with van der Waals surface area (Å²) < 4.78 is 0. The maximum absolute atomic E-state index is 12.1. The van der Waals surface area contributed by atoms with Crippen molar-refractivity contribution < 1.29 is 9.59 Å². The summed E-state index contributed by atoms with van der Waals surface area (Å²) in [5.41, 5.74) is 9.12. The molecule has 6 heteroatoms. The van der Waals surface area contributed by atoms with Crippen LogP contribution in [0.5, 0.6) is 0 Å². The van der Waals surface area contributed by atoms with Crippen LogP contribution < -0.4 is 21.5 Å². The predicted molar refractivity (Wildman–Crippen MR) is 99.2 cm³/mol. The van der Waals surface area contributed by atoms with Gasteiger partial charge in [0.2, 0.25) is 5.91 Å². The second kappa shape index (κ2) is 9.53. The Kier molecular flexibility index (Phi) is 7.40. The minimum atomic E-state index is -0.130. The Labute approximate surface area is 150 Å². The fraction of sp³-hybridized carbons (Fsp3) is 0.579. The zero-order valence-electron chi connectivity index (χ0n) is 15.4. The highest BCUT2D eigenvalue weighted by molar-refractivity contribution is 5.94. The van der Waals surface area contributed by atoms with Gasteiger partial charge in [-0.2, -0.15) is 0 Å². The standard InChI is InChI=1S/C19H30N4O2/c1-13-9-14(2)11-17(10-13)19(25)21-8-6-18(24)20-7-4-5-16-12-22-23-15(16)3/h9-11,15-16,22-23H,4-8,12H2,1-3H3,(H,20,24)(H,21,25). The van der Waals surface area contributed by atoms with Crippen molar-refractivity contribution in [3.05, 3.63) is 34.9 Å². The molecule has 0 aromatic heterocycles. The fourth-order valence-electron chi connectivity index (χ4n) is 3.18. The maximum atomic E-state index is 12.1. The van der Waals surface area contributed by atoms with Crippen molar-refractivity contribution in [3.63, 3.8) is 0 Å². The minimum Gasteiger partial charge on any atom is -0.356 e. The number of carbonyl (C=O) groups excluding carboxylic acids is 2. The molecule has 0 spiro atoms. The first-order valence-electron chi connectivity index (χ1n) is 9.07. The predicted octanol–water partition coefficient (Wildman–Crippen LogP) is 1.43. The summed E-state index contributed by atoms with van der Waals surface area (Å²) in [7, 11) is 0. The molecule has 6 nitrogen and oxygen atoms in total. The molecule has 1 aliphatic rings. The lowest BCUT2D eigenvalue weighted by Crippen LogP contribution is -2.31. The van der Waals surface area contributed by atoms with Gasteiger partial charge in [-0.15, -0.1) is 0 Å². The van der Waals surface area contributed by atoms with Gasteiger partial charge >= 0.3 is 0 Å². The largest absolute Gasteiger partial charge is 0.356 e. The number of hydrogen-bond acceptors (Lipinski definition) is 4. The van der Waals surface area contributed by atoms with E-state index in [1.54, 1.807) is 0 Å². The van der Waals surface area contributed by atoms with Crippen LogP contribution in [0, 0.1) is 19.8 Å². The fourth-order valence-corrected chi connectivity index (χ4v) is 3.18. The van der Waals surface area contributed by atoms with E-state index in [2.05, 4.69) is 28.4 Å². The van der Waals surface area contributed by atoms with Crippen LogP contribution in [0.15, 0.2) is 18.2 Å². The van der Waals surface area contributed by atoms with Gasteiger partial charge in [0.05, 0.1) is 0 Å². The Balaban J connectivity index is 1.59. The van der Waals surface area contributed by atoms with E-state index in [1.807, 2.05) is 32.0 Å². The van der Waals surface area contributed by atoms with E-state index in [9.17, 15) is 9.59 Å². The van der Waals surface area contributed by atoms with E-state index in [-0.39, 0.29) is 11.8 Å². The Hall–Kier alpha value is -1.92. The third-order valence-electron chi connectivity index (χ3n) is 4.60. The van der Waals surface area contributed by atoms with Gasteiger partial charge in [0, 0.05) is 37.7 Å². The lowest BCUT2D eigenvalue weighted by Gasteiger charge is -2.13. The van der Waals surface area contributed by atoms with Crippen molar-refractivity contribution >= 4 is 11.8 Å². The first-order valence-corrected chi connectivity index (χ1v) is 9.07. The van der Waals surface area contributed by atoms with Crippen LogP contribution >= 0.6 is 0 Å². The molecule has 1 fully saturated rings. The van der Waals surface area contributed by atoms with Gasteiger partial charge in [0.15, 0.2) is 0 Å².